The number of ether oxygens (including phenoxy) is 1. The van der Waals surface area contributed by atoms with Gasteiger partial charge in [0, 0.05) is 17.8 Å². The zero-order chi connectivity index (χ0) is 14.5. The number of aromatic nitrogens is 1. The first kappa shape index (κ1) is 13.4. The Morgan fingerprint density at radius 2 is 1.95 bits per heavy atom. The van der Waals surface area contributed by atoms with Crippen molar-refractivity contribution >= 4 is 17.1 Å². The number of nitrogens with zero attached hydrogens (tertiary/aromatic N) is 2. The minimum atomic E-state index is 0.584. The fourth-order valence-electron chi connectivity index (χ4n) is 2.21. The largest absolute Gasteiger partial charge is 0.489 e. The van der Waals surface area contributed by atoms with E-state index in [2.05, 4.69) is 36.3 Å². The number of hydrogen-bond acceptors (Lipinski definition) is 2. The van der Waals surface area contributed by atoms with E-state index >= 15 is 0 Å². The van der Waals surface area contributed by atoms with Crippen molar-refractivity contribution in [2.75, 3.05) is 0 Å². The normalized spacial score (nSPS) is 11.3. The van der Waals surface area contributed by atoms with Crippen LogP contribution in [0.3, 0.4) is 0 Å². The molecule has 0 unspecified atom stereocenters. The van der Waals surface area contributed by atoms with E-state index < -0.39 is 0 Å². The molecule has 0 aliphatic carbocycles. The Labute approximate surface area is 124 Å². The van der Waals surface area contributed by atoms with Crippen LogP contribution in [0, 0.1) is 0 Å². The molecule has 0 radical (unpaired) electrons. The molecule has 0 fully saturated rings. The molecule has 3 aromatic rings. The van der Waals surface area contributed by atoms with Crippen molar-refractivity contribution in [2.24, 2.45) is 5.10 Å². The van der Waals surface area contributed by atoms with Gasteiger partial charge in [0.2, 0.25) is 0 Å². The molecule has 3 rings (SSSR count). The second-order valence-electron chi connectivity index (χ2n) is 4.86. The highest BCUT2D eigenvalue weighted by atomic mass is 16.5. The minimum absolute atomic E-state index is 0.584. The summed E-state index contributed by atoms with van der Waals surface area (Å²) in [5.74, 6) is 0.878. The Balaban J connectivity index is 1.77. The van der Waals surface area contributed by atoms with Gasteiger partial charge in [-0.05, 0) is 36.2 Å². The molecule has 21 heavy (non-hydrogen) atoms. The fourth-order valence-corrected chi connectivity index (χ4v) is 2.21. The Bertz CT molecular complexity index is 744. The topological polar surface area (TPSA) is 26.5 Å². The fraction of sp³-hybridized carbons (Fsp3) is 0.167. The molecule has 3 nitrogen and oxygen atoms in total. The quantitative estimate of drug-likeness (QED) is 0.633. The van der Waals surface area contributed by atoms with Gasteiger partial charge >= 0.3 is 0 Å². The van der Waals surface area contributed by atoms with Crippen LogP contribution in [0.25, 0.3) is 10.9 Å². The average Bonchev–Trinajstić information content (AvgIpc) is 2.94. The van der Waals surface area contributed by atoms with Crippen LogP contribution in [0.5, 0.6) is 5.75 Å². The molecule has 0 saturated carbocycles. The zero-order valence-corrected chi connectivity index (χ0v) is 12.1. The van der Waals surface area contributed by atoms with E-state index in [0.29, 0.717) is 6.61 Å². The summed E-state index contributed by atoms with van der Waals surface area (Å²) in [6.07, 6.45) is 4.80. The Morgan fingerprint density at radius 1 is 1.10 bits per heavy atom. The van der Waals surface area contributed by atoms with Crippen molar-refractivity contribution in [3.63, 3.8) is 0 Å². The van der Waals surface area contributed by atoms with Crippen LogP contribution < -0.4 is 4.74 Å². The van der Waals surface area contributed by atoms with Crippen LogP contribution in [0.15, 0.2) is 65.9 Å². The smallest absolute Gasteiger partial charge is 0.120 e. The average molecular weight is 278 g/mol. The summed E-state index contributed by atoms with van der Waals surface area (Å²) < 4.78 is 7.73. The molecular formula is C18H18N2O. The molecule has 1 heterocycles. The lowest BCUT2D eigenvalue weighted by Gasteiger charge is -2.06. The van der Waals surface area contributed by atoms with E-state index in [1.54, 1.807) is 0 Å². The van der Waals surface area contributed by atoms with Crippen LogP contribution in [0.1, 0.15) is 18.9 Å². The van der Waals surface area contributed by atoms with Crippen LogP contribution >= 0.6 is 0 Å². The molecule has 0 aliphatic rings. The van der Waals surface area contributed by atoms with Gasteiger partial charge in [-0.25, -0.2) is 4.68 Å². The molecule has 0 N–H and O–H groups in total. The van der Waals surface area contributed by atoms with Gasteiger partial charge in [0.05, 0.1) is 5.52 Å². The third kappa shape index (κ3) is 3.14. The zero-order valence-electron chi connectivity index (χ0n) is 12.1. The van der Waals surface area contributed by atoms with E-state index in [4.69, 9.17) is 4.74 Å². The molecule has 106 valence electrons. The lowest BCUT2D eigenvalue weighted by atomic mass is 10.2. The van der Waals surface area contributed by atoms with Crippen molar-refractivity contribution in [3.8, 4) is 5.75 Å². The molecule has 3 heteroatoms. The summed E-state index contributed by atoms with van der Waals surface area (Å²) in [6.45, 7) is 2.66. The van der Waals surface area contributed by atoms with Gasteiger partial charge in [0.1, 0.15) is 12.4 Å². The molecular weight excluding hydrogens is 260 g/mol. The maximum atomic E-state index is 5.84. The molecule has 0 atom stereocenters. The van der Waals surface area contributed by atoms with Gasteiger partial charge < -0.3 is 4.74 Å². The number of rotatable bonds is 5. The minimum Gasteiger partial charge on any atom is -0.489 e. The third-order valence-corrected chi connectivity index (χ3v) is 3.28. The van der Waals surface area contributed by atoms with Crippen LogP contribution in [0.2, 0.25) is 0 Å². The maximum absolute atomic E-state index is 5.84. The summed E-state index contributed by atoms with van der Waals surface area (Å²) in [7, 11) is 0. The first-order valence-corrected chi connectivity index (χ1v) is 7.17. The van der Waals surface area contributed by atoms with Crippen LogP contribution in [0.4, 0.5) is 0 Å². The lowest BCUT2D eigenvalue weighted by Crippen LogP contribution is -1.94. The first-order valence-electron chi connectivity index (χ1n) is 7.17. The Hall–Kier alpha value is -2.55. The maximum Gasteiger partial charge on any atom is 0.120 e. The highest BCUT2D eigenvalue weighted by Crippen LogP contribution is 2.22. The van der Waals surface area contributed by atoms with Gasteiger partial charge in [0.25, 0.3) is 0 Å². The van der Waals surface area contributed by atoms with Crippen molar-refractivity contribution in [3.05, 3.63) is 66.4 Å². The summed E-state index contributed by atoms with van der Waals surface area (Å²) in [5, 5.41) is 5.52. The van der Waals surface area contributed by atoms with E-state index in [-0.39, 0.29) is 0 Å². The first-order chi connectivity index (χ1) is 10.4. The lowest BCUT2D eigenvalue weighted by molar-refractivity contribution is 0.306. The van der Waals surface area contributed by atoms with E-state index in [1.165, 1.54) is 5.56 Å². The van der Waals surface area contributed by atoms with E-state index in [1.807, 2.05) is 47.4 Å². The summed E-state index contributed by atoms with van der Waals surface area (Å²) in [4.78, 5) is 0. The summed E-state index contributed by atoms with van der Waals surface area (Å²) in [6, 6.07) is 18.3. The summed E-state index contributed by atoms with van der Waals surface area (Å²) >= 11 is 0. The molecule has 0 bridgehead atoms. The summed E-state index contributed by atoms with van der Waals surface area (Å²) in [5.41, 5.74) is 2.26. The van der Waals surface area contributed by atoms with E-state index in [9.17, 15) is 0 Å². The third-order valence-electron chi connectivity index (χ3n) is 3.28. The van der Waals surface area contributed by atoms with Gasteiger partial charge in [-0.3, -0.25) is 0 Å². The number of hydrogen-bond donors (Lipinski definition) is 0. The Morgan fingerprint density at radius 3 is 2.76 bits per heavy atom. The molecule has 0 amide bonds. The number of fused-ring (bicyclic) bond motifs is 1. The van der Waals surface area contributed by atoms with E-state index in [0.717, 1.165) is 23.1 Å². The van der Waals surface area contributed by atoms with Crippen molar-refractivity contribution in [2.45, 2.75) is 20.0 Å². The Kier molecular flexibility index (Phi) is 4.01. The molecule has 2 aromatic carbocycles. The highest BCUT2D eigenvalue weighted by Gasteiger charge is 2.02. The molecule has 0 aliphatic heterocycles. The predicted molar refractivity (Wildman–Crippen MR) is 86.9 cm³/mol. The van der Waals surface area contributed by atoms with Crippen molar-refractivity contribution < 1.29 is 4.74 Å². The van der Waals surface area contributed by atoms with Crippen LogP contribution in [-0.4, -0.2) is 10.9 Å². The second-order valence-corrected chi connectivity index (χ2v) is 4.86. The van der Waals surface area contributed by atoms with Gasteiger partial charge in [-0.2, -0.15) is 5.10 Å². The van der Waals surface area contributed by atoms with Gasteiger partial charge in [0.15, 0.2) is 0 Å². The van der Waals surface area contributed by atoms with Crippen LogP contribution in [-0.2, 0) is 6.61 Å². The highest BCUT2D eigenvalue weighted by molar-refractivity contribution is 5.82. The SMILES string of the molecule is CC/C=N/n1ccc2cc(OCc3ccccc3)ccc21. The van der Waals surface area contributed by atoms with Gasteiger partial charge in [-0.1, -0.05) is 37.3 Å². The molecule has 0 spiro atoms. The monoisotopic (exact) mass is 278 g/mol. The van der Waals surface area contributed by atoms with Crippen molar-refractivity contribution in [1.82, 2.24) is 4.68 Å². The second kappa shape index (κ2) is 6.27. The number of benzene rings is 2. The standard InChI is InChI=1S/C18H18N2O/c1-2-11-19-20-12-10-16-13-17(8-9-18(16)20)21-14-15-6-4-3-5-7-15/h3-13H,2,14H2,1H3/b19-11+. The predicted octanol–water partition coefficient (Wildman–Crippen LogP) is 4.46. The molecule has 1 aromatic heterocycles. The molecule has 0 saturated heterocycles. The van der Waals surface area contributed by atoms with Gasteiger partial charge in [-0.15, -0.1) is 0 Å². The van der Waals surface area contributed by atoms with Crippen molar-refractivity contribution in [1.29, 1.82) is 0 Å².